The van der Waals surface area contributed by atoms with Crippen LogP contribution in [0.3, 0.4) is 0 Å². The van der Waals surface area contributed by atoms with Gasteiger partial charge in [0.05, 0.1) is 5.69 Å². The summed E-state index contributed by atoms with van der Waals surface area (Å²) in [4.78, 5) is 25.7. The van der Waals surface area contributed by atoms with Gasteiger partial charge in [0.15, 0.2) is 11.5 Å². The van der Waals surface area contributed by atoms with E-state index >= 15 is 0 Å². The molecule has 1 fully saturated rings. The van der Waals surface area contributed by atoms with Crippen molar-refractivity contribution in [1.29, 1.82) is 0 Å². The number of nitrogens with one attached hydrogen (secondary N) is 1. The van der Waals surface area contributed by atoms with Crippen LogP contribution in [0.1, 0.15) is 46.5 Å². The molecule has 2 unspecified atom stereocenters. The number of nitrogens with zero attached hydrogens (tertiary/aromatic N) is 2. The minimum absolute atomic E-state index is 0.142. The molecule has 7 heteroatoms. The molecule has 1 amide bonds. The second-order valence-electron chi connectivity index (χ2n) is 8.44. The van der Waals surface area contributed by atoms with Crippen LogP contribution in [0, 0.1) is 5.92 Å². The Morgan fingerprint density at radius 2 is 1.90 bits per heavy atom. The molecule has 154 valence electrons. The van der Waals surface area contributed by atoms with E-state index in [2.05, 4.69) is 17.3 Å². The normalized spacial score (nSPS) is 21.1. The zero-order valence-electron chi connectivity index (χ0n) is 17.1. The second kappa shape index (κ2) is 7.54. The summed E-state index contributed by atoms with van der Waals surface area (Å²) in [6, 6.07) is 8.76. The van der Waals surface area contributed by atoms with Gasteiger partial charge in [-0.05, 0) is 56.9 Å². The van der Waals surface area contributed by atoms with Gasteiger partial charge in [0.25, 0.3) is 5.56 Å². The quantitative estimate of drug-likeness (QED) is 0.857. The lowest BCUT2D eigenvalue weighted by Crippen LogP contribution is -2.53. The molecule has 0 spiro atoms. The van der Waals surface area contributed by atoms with E-state index in [1.807, 2.05) is 18.2 Å². The van der Waals surface area contributed by atoms with Gasteiger partial charge in [-0.2, -0.15) is 5.10 Å². The van der Waals surface area contributed by atoms with Gasteiger partial charge in [-0.1, -0.05) is 19.8 Å². The maximum absolute atomic E-state index is 13.1. The van der Waals surface area contributed by atoms with Crippen LogP contribution in [0.2, 0.25) is 0 Å². The molecule has 1 N–H and O–H groups in total. The van der Waals surface area contributed by atoms with Crippen LogP contribution >= 0.6 is 0 Å². The predicted octanol–water partition coefficient (Wildman–Crippen LogP) is 3.07. The average Bonchev–Trinajstić information content (AvgIpc) is 3.17. The lowest BCUT2D eigenvalue weighted by atomic mass is 9.85. The lowest BCUT2D eigenvalue weighted by molar-refractivity contribution is -0.130. The molecule has 4 rings (SSSR count). The number of benzene rings is 1. The highest BCUT2D eigenvalue weighted by Crippen LogP contribution is 2.35. The van der Waals surface area contributed by atoms with Crippen molar-refractivity contribution in [2.45, 2.75) is 58.0 Å². The number of fused-ring (bicyclic) bond motifs is 1. The number of ether oxygens (including phenoxy) is 2. The fraction of sp³-hybridized carbons (Fsp3) is 0.500. The summed E-state index contributed by atoms with van der Waals surface area (Å²) < 4.78 is 12.1. The third-order valence-corrected chi connectivity index (χ3v) is 5.98. The van der Waals surface area contributed by atoms with Crippen molar-refractivity contribution in [3.8, 4) is 22.8 Å². The van der Waals surface area contributed by atoms with Crippen LogP contribution in [0.4, 0.5) is 0 Å². The minimum Gasteiger partial charge on any atom is -0.454 e. The van der Waals surface area contributed by atoms with Crippen LogP contribution in [0.5, 0.6) is 11.5 Å². The van der Waals surface area contributed by atoms with Crippen molar-refractivity contribution >= 4 is 5.91 Å². The standard InChI is InChI=1S/C22H27N3O4/c1-14-6-4-5-7-16(14)23-21(27)22(2,3)25-20(26)11-9-17(24-25)15-8-10-18-19(12-15)29-13-28-18/h8-12,14,16H,4-7,13H2,1-3H3,(H,23,27). The zero-order valence-corrected chi connectivity index (χ0v) is 17.1. The Labute approximate surface area is 170 Å². The molecule has 1 saturated carbocycles. The second-order valence-corrected chi connectivity index (χ2v) is 8.44. The summed E-state index contributed by atoms with van der Waals surface area (Å²) in [5.74, 6) is 1.58. The molecule has 1 aromatic carbocycles. The number of amides is 1. The summed E-state index contributed by atoms with van der Waals surface area (Å²) in [6.07, 6.45) is 4.41. The van der Waals surface area contributed by atoms with E-state index in [0.29, 0.717) is 23.1 Å². The predicted molar refractivity (Wildman–Crippen MR) is 109 cm³/mol. The van der Waals surface area contributed by atoms with Gasteiger partial charge in [-0.15, -0.1) is 0 Å². The summed E-state index contributed by atoms with van der Waals surface area (Å²) in [6.45, 7) is 5.82. The molecular formula is C22H27N3O4. The third-order valence-electron chi connectivity index (χ3n) is 5.98. The Balaban J connectivity index is 1.62. The van der Waals surface area contributed by atoms with Gasteiger partial charge in [-0.3, -0.25) is 9.59 Å². The van der Waals surface area contributed by atoms with E-state index in [4.69, 9.17) is 9.47 Å². The summed E-state index contributed by atoms with van der Waals surface area (Å²) >= 11 is 0. The fourth-order valence-electron chi connectivity index (χ4n) is 3.99. The fourth-order valence-corrected chi connectivity index (χ4v) is 3.99. The van der Waals surface area contributed by atoms with E-state index in [1.165, 1.54) is 17.2 Å². The minimum atomic E-state index is -1.11. The van der Waals surface area contributed by atoms with Gasteiger partial charge < -0.3 is 14.8 Å². The van der Waals surface area contributed by atoms with Crippen molar-refractivity contribution < 1.29 is 14.3 Å². The number of carbonyl (C=O) groups excluding carboxylic acids is 1. The van der Waals surface area contributed by atoms with Crippen molar-refractivity contribution in [1.82, 2.24) is 15.1 Å². The number of carbonyl (C=O) groups is 1. The SMILES string of the molecule is CC1CCCCC1NC(=O)C(C)(C)n1nc(-c2ccc3c(c2)OCO3)ccc1=O. The van der Waals surface area contributed by atoms with E-state index in [0.717, 1.165) is 24.8 Å². The van der Waals surface area contributed by atoms with Crippen molar-refractivity contribution in [3.63, 3.8) is 0 Å². The van der Waals surface area contributed by atoms with E-state index in [-0.39, 0.29) is 24.3 Å². The first-order chi connectivity index (χ1) is 13.9. The molecule has 2 heterocycles. The molecule has 2 atom stereocenters. The molecule has 1 aliphatic heterocycles. The Morgan fingerprint density at radius 3 is 2.69 bits per heavy atom. The van der Waals surface area contributed by atoms with Crippen LogP contribution in [-0.2, 0) is 10.3 Å². The molecule has 0 radical (unpaired) electrons. The first-order valence-electron chi connectivity index (χ1n) is 10.2. The van der Waals surface area contributed by atoms with Crippen LogP contribution in [0.25, 0.3) is 11.3 Å². The molecule has 2 aromatic rings. The largest absolute Gasteiger partial charge is 0.454 e. The lowest BCUT2D eigenvalue weighted by Gasteiger charge is -2.33. The van der Waals surface area contributed by atoms with E-state index < -0.39 is 5.54 Å². The van der Waals surface area contributed by atoms with Crippen molar-refractivity contribution in [2.75, 3.05) is 6.79 Å². The number of hydrogen-bond acceptors (Lipinski definition) is 5. The molecular weight excluding hydrogens is 370 g/mol. The Morgan fingerprint density at radius 1 is 1.14 bits per heavy atom. The highest BCUT2D eigenvalue weighted by molar-refractivity contribution is 5.83. The van der Waals surface area contributed by atoms with Gasteiger partial charge >= 0.3 is 0 Å². The van der Waals surface area contributed by atoms with E-state index in [9.17, 15) is 9.59 Å². The Bertz CT molecular complexity index is 982. The Hall–Kier alpha value is -2.83. The van der Waals surface area contributed by atoms with Crippen LogP contribution in [0.15, 0.2) is 35.1 Å². The maximum atomic E-state index is 13.1. The summed E-state index contributed by atoms with van der Waals surface area (Å²) in [5, 5.41) is 7.67. The number of rotatable bonds is 4. The molecule has 1 aliphatic carbocycles. The van der Waals surface area contributed by atoms with E-state index in [1.54, 1.807) is 19.9 Å². The average molecular weight is 397 g/mol. The molecule has 2 aliphatic rings. The zero-order chi connectivity index (χ0) is 20.6. The van der Waals surface area contributed by atoms with Gasteiger partial charge in [0.1, 0.15) is 5.54 Å². The number of aromatic nitrogens is 2. The molecule has 0 saturated heterocycles. The van der Waals surface area contributed by atoms with Crippen LogP contribution < -0.4 is 20.3 Å². The Kier molecular flexibility index (Phi) is 5.06. The topological polar surface area (TPSA) is 82.5 Å². The molecule has 1 aromatic heterocycles. The summed E-state index contributed by atoms with van der Waals surface area (Å²) in [5.41, 5.74) is -0.0399. The monoisotopic (exact) mass is 397 g/mol. The molecule has 7 nitrogen and oxygen atoms in total. The first kappa shape index (κ1) is 19.5. The highest BCUT2D eigenvalue weighted by Gasteiger charge is 2.35. The third kappa shape index (κ3) is 3.73. The smallest absolute Gasteiger partial charge is 0.267 e. The van der Waals surface area contributed by atoms with Gasteiger partial charge in [-0.25, -0.2) is 4.68 Å². The van der Waals surface area contributed by atoms with Crippen LogP contribution in [-0.4, -0.2) is 28.5 Å². The highest BCUT2D eigenvalue weighted by atomic mass is 16.7. The van der Waals surface area contributed by atoms with Gasteiger partial charge in [0, 0.05) is 17.7 Å². The maximum Gasteiger partial charge on any atom is 0.267 e. The van der Waals surface area contributed by atoms with Gasteiger partial charge in [0.2, 0.25) is 12.7 Å². The first-order valence-corrected chi connectivity index (χ1v) is 10.2. The number of hydrogen-bond donors (Lipinski definition) is 1. The van der Waals surface area contributed by atoms with Crippen molar-refractivity contribution in [3.05, 3.63) is 40.7 Å². The van der Waals surface area contributed by atoms with Crippen molar-refractivity contribution in [2.24, 2.45) is 5.92 Å². The molecule has 0 bridgehead atoms. The summed E-state index contributed by atoms with van der Waals surface area (Å²) in [7, 11) is 0. The molecule has 29 heavy (non-hydrogen) atoms.